The van der Waals surface area contributed by atoms with Crippen molar-refractivity contribution in [2.24, 2.45) is 0 Å². The summed E-state index contributed by atoms with van der Waals surface area (Å²) in [5.74, 6) is -1.76. The molecule has 0 aliphatic carbocycles. The van der Waals surface area contributed by atoms with Crippen molar-refractivity contribution in [1.29, 1.82) is 0 Å². The van der Waals surface area contributed by atoms with Gasteiger partial charge in [-0.3, -0.25) is 0 Å². The Morgan fingerprint density at radius 3 is 2.50 bits per heavy atom. The van der Waals surface area contributed by atoms with Crippen LogP contribution in [0.2, 0.25) is 0 Å². The summed E-state index contributed by atoms with van der Waals surface area (Å²) < 4.78 is 39.5. The van der Waals surface area contributed by atoms with Crippen LogP contribution in [0, 0.1) is 5.82 Å². The molecule has 0 aliphatic heterocycles. The maximum atomic E-state index is 13.1. The van der Waals surface area contributed by atoms with Gasteiger partial charge in [0.25, 0.3) is 9.05 Å². The van der Waals surface area contributed by atoms with E-state index in [9.17, 15) is 17.6 Å². The fourth-order valence-electron chi connectivity index (χ4n) is 1.04. The number of hydrogen-bond donors (Lipinski definition) is 0. The highest BCUT2D eigenvalue weighted by atomic mass is 79.9. The summed E-state index contributed by atoms with van der Waals surface area (Å²) in [5, 5.41) is 0. The molecule has 0 spiro atoms. The maximum absolute atomic E-state index is 13.1. The predicted octanol–water partition coefficient (Wildman–Crippen LogP) is 2.30. The fraction of sp³-hybridized carbons (Fsp3) is 0.125. The van der Waals surface area contributed by atoms with Gasteiger partial charge in [0.05, 0.1) is 17.1 Å². The molecule has 1 rings (SSSR count). The smallest absolute Gasteiger partial charge is 0.339 e. The first-order valence-electron chi connectivity index (χ1n) is 3.80. The monoisotopic (exact) mass is 330 g/mol. The molecule has 0 amide bonds. The van der Waals surface area contributed by atoms with E-state index in [1.165, 1.54) is 0 Å². The number of ether oxygens (including phenoxy) is 1. The summed E-state index contributed by atoms with van der Waals surface area (Å²) in [6.07, 6.45) is 0. The summed E-state index contributed by atoms with van der Waals surface area (Å²) in [6.45, 7) is 0. The summed E-state index contributed by atoms with van der Waals surface area (Å²) in [7, 11) is 1.93. The van der Waals surface area contributed by atoms with Gasteiger partial charge in [-0.2, -0.15) is 0 Å². The number of rotatable bonds is 2. The van der Waals surface area contributed by atoms with E-state index in [0.717, 1.165) is 19.2 Å². The molecule has 0 aromatic heterocycles. The van der Waals surface area contributed by atoms with Crippen LogP contribution in [0.4, 0.5) is 4.39 Å². The number of esters is 1. The maximum Gasteiger partial charge on any atom is 0.339 e. The van der Waals surface area contributed by atoms with Crippen molar-refractivity contribution in [2.45, 2.75) is 4.90 Å². The number of benzene rings is 1. The number of carbonyl (C=O) groups excluding carboxylic acids is 1. The van der Waals surface area contributed by atoms with Gasteiger partial charge in [0.2, 0.25) is 0 Å². The third kappa shape index (κ3) is 2.53. The molecule has 8 heteroatoms. The SMILES string of the molecule is COC(=O)c1ccc(F)c(Br)c1S(=O)(=O)Cl. The van der Waals surface area contributed by atoms with Gasteiger partial charge >= 0.3 is 5.97 Å². The highest BCUT2D eigenvalue weighted by Gasteiger charge is 2.26. The number of carbonyl (C=O) groups is 1. The Hall–Kier alpha value is -0.660. The third-order valence-corrected chi connectivity index (χ3v) is 4.11. The lowest BCUT2D eigenvalue weighted by Crippen LogP contribution is -2.09. The van der Waals surface area contributed by atoms with Crippen molar-refractivity contribution in [3.05, 3.63) is 28.0 Å². The van der Waals surface area contributed by atoms with Gasteiger partial charge in [0.15, 0.2) is 0 Å². The van der Waals surface area contributed by atoms with Gasteiger partial charge in [0, 0.05) is 10.7 Å². The van der Waals surface area contributed by atoms with Crippen LogP contribution >= 0.6 is 26.6 Å². The second-order valence-electron chi connectivity index (χ2n) is 2.67. The first-order chi connectivity index (χ1) is 7.29. The molecule has 0 fully saturated rings. The van der Waals surface area contributed by atoms with E-state index in [1.807, 2.05) is 0 Å². The average Bonchev–Trinajstić information content (AvgIpc) is 2.18. The molecule has 1 aromatic rings. The zero-order valence-electron chi connectivity index (χ0n) is 7.83. The minimum absolute atomic E-state index is 0.328. The Kier molecular flexibility index (Phi) is 3.92. The Bertz CT molecular complexity index is 543. The van der Waals surface area contributed by atoms with Crippen molar-refractivity contribution in [3.8, 4) is 0 Å². The molecule has 0 bridgehead atoms. The van der Waals surface area contributed by atoms with E-state index in [-0.39, 0.29) is 5.56 Å². The van der Waals surface area contributed by atoms with Gasteiger partial charge in [-0.05, 0) is 28.1 Å². The number of halogens is 3. The van der Waals surface area contributed by atoms with Crippen LogP contribution in [0.15, 0.2) is 21.5 Å². The van der Waals surface area contributed by atoms with Crippen LogP contribution in [-0.2, 0) is 13.8 Å². The Morgan fingerprint density at radius 2 is 2.06 bits per heavy atom. The molecule has 0 heterocycles. The highest BCUT2D eigenvalue weighted by molar-refractivity contribution is 9.10. The van der Waals surface area contributed by atoms with E-state index in [0.29, 0.717) is 0 Å². The van der Waals surface area contributed by atoms with Crippen LogP contribution < -0.4 is 0 Å². The lowest BCUT2D eigenvalue weighted by atomic mass is 10.2. The van der Waals surface area contributed by atoms with Crippen LogP contribution in [0.5, 0.6) is 0 Å². The first kappa shape index (κ1) is 13.4. The van der Waals surface area contributed by atoms with Gasteiger partial charge in [-0.1, -0.05) is 0 Å². The Labute approximate surface area is 104 Å². The molecule has 0 aliphatic rings. The van der Waals surface area contributed by atoms with Crippen molar-refractivity contribution < 1.29 is 22.3 Å². The molecule has 0 saturated heterocycles. The van der Waals surface area contributed by atoms with Crippen molar-refractivity contribution >= 4 is 41.6 Å². The number of methoxy groups -OCH3 is 1. The van der Waals surface area contributed by atoms with Crippen LogP contribution in [0.1, 0.15) is 10.4 Å². The topological polar surface area (TPSA) is 60.4 Å². The lowest BCUT2D eigenvalue weighted by Gasteiger charge is -2.07. The molecule has 0 saturated carbocycles. The summed E-state index contributed by atoms with van der Waals surface area (Å²) >= 11 is 2.72. The Balaban J connectivity index is 3.65. The zero-order valence-corrected chi connectivity index (χ0v) is 11.0. The Morgan fingerprint density at radius 1 is 1.50 bits per heavy atom. The minimum Gasteiger partial charge on any atom is -0.465 e. The third-order valence-electron chi connectivity index (χ3n) is 1.70. The molecule has 0 atom stereocenters. The molecular formula is C8H5BrClFO4S. The van der Waals surface area contributed by atoms with Gasteiger partial charge in [0.1, 0.15) is 10.7 Å². The van der Waals surface area contributed by atoms with E-state index in [1.54, 1.807) is 0 Å². The van der Waals surface area contributed by atoms with Gasteiger partial charge in [-0.25, -0.2) is 17.6 Å². The molecular weight excluding hydrogens is 327 g/mol. The van der Waals surface area contributed by atoms with Crippen LogP contribution in [0.3, 0.4) is 0 Å². The second-order valence-corrected chi connectivity index (χ2v) is 5.96. The summed E-state index contributed by atoms with van der Waals surface area (Å²) in [6, 6.07) is 1.92. The molecule has 16 heavy (non-hydrogen) atoms. The average molecular weight is 332 g/mol. The predicted molar refractivity (Wildman–Crippen MR) is 58.5 cm³/mol. The lowest BCUT2D eigenvalue weighted by molar-refractivity contribution is 0.0596. The van der Waals surface area contributed by atoms with Crippen LogP contribution in [-0.4, -0.2) is 21.5 Å². The molecule has 0 unspecified atom stereocenters. The molecule has 1 aromatic carbocycles. The largest absolute Gasteiger partial charge is 0.465 e. The minimum atomic E-state index is -4.26. The second kappa shape index (κ2) is 4.68. The normalized spacial score (nSPS) is 11.2. The van der Waals surface area contributed by atoms with Gasteiger partial charge < -0.3 is 4.74 Å². The first-order valence-corrected chi connectivity index (χ1v) is 6.90. The summed E-state index contributed by atoms with van der Waals surface area (Å²) in [4.78, 5) is 10.6. The highest BCUT2D eigenvalue weighted by Crippen LogP contribution is 2.31. The molecule has 88 valence electrons. The zero-order chi connectivity index (χ0) is 12.5. The molecule has 0 N–H and O–H groups in total. The van der Waals surface area contributed by atoms with Crippen molar-refractivity contribution in [2.75, 3.05) is 7.11 Å². The van der Waals surface area contributed by atoms with Crippen LogP contribution in [0.25, 0.3) is 0 Å². The number of hydrogen-bond acceptors (Lipinski definition) is 4. The molecule has 4 nitrogen and oxygen atoms in total. The standard InChI is InChI=1S/C8H5BrClFO4S/c1-15-8(12)4-2-3-5(11)6(9)7(4)16(10,13)14/h2-3H,1H3. The molecule has 0 radical (unpaired) electrons. The van der Waals surface area contributed by atoms with E-state index >= 15 is 0 Å². The summed E-state index contributed by atoms with van der Waals surface area (Å²) in [5.41, 5.74) is -0.328. The van der Waals surface area contributed by atoms with Crippen molar-refractivity contribution in [3.63, 3.8) is 0 Å². The van der Waals surface area contributed by atoms with Gasteiger partial charge in [-0.15, -0.1) is 0 Å². The quantitative estimate of drug-likeness (QED) is 0.616. The fourth-order valence-corrected chi connectivity index (χ4v) is 3.51. The van der Waals surface area contributed by atoms with E-state index in [4.69, 9.17) is 10.7 Å². The van der Waals surface area contributed by atoms with E-state index in [2.05, 4.69) is 20.7 Å². The van der Waals surface area contributed by atoms with Crippen molar-refractivity contribution in [1.82, 2.24) is 0 Å². The van der Waals surface area contributed by atoms with E-state index < -0.39 is 30.2 Å².